The van der Waals surface area contributed by atoms with Gasteiger partial charge >= 0.3 is 0 Å². The Morgan fingerprint density at radius 2 is 1.62 bits per heavy atom. The first kappa shape index (κ1) is 21.0. The zero-order valence-electron chi connectivity index (χ0n) is 17.6. The number of piperazine rings is 1. The largest absolute Gasteiger partial charge is 0.378 e. The number of amides is 1. The highest BCUT2D eigenvalue weighted by Crippen LogP contribution is 2.33. The fourth-order valence-corrected chi connectivity index (χ4v) is 4.60. The average Bonchev–Trinajstić information content (AvgIpc) is 2.84. The van der Waals surface area contributed by atoms with Gasteiger partial charge in [0.25, 0.3) is 5.91 Å². The Morgan fingerprint density at radius 3 is 2.34 bits per heavy atom. The number of aromatic nitrogens is 1. The maximum absolute atomic E-state index is 13.4. The first-order chi connectivity index (χ1) is 15.6. The molecule has 1 aromatic heterocycles. The molecule has 2 aliphatic heterocycles. The summed E-state index contributed by atoms with van der Waals surface area (Å²) in [6.45, 7) is 5.23. The second kappa shape index (κ2) is 8.92. The summed E-state index contributed by atoms with van der Waals surface area (Å²) >= 11 is 6.33. The number of fused-ring (bicyclic) bond motifs is 1. The molecule has 5 rings (SSSR count). The number of hydrogen-bond acceptors (Lipinski definition) is 5. The first-order valence-corrected chi connectivity index (χ1v) is 11.2. The van der Waals surface area contributed by atoms with Crippen molar-refractivity contribution in [3.05, 3.63) is 65.1 Å². The van der Waals surface area contributed by atoms with Gasteiger partial charge in [0.2, 0.25) is 0 Å². The number of anilines is 2. The van der Waals surface area contributed by atoms with Crippen molar-refractivity contribution in [3.8, 4) is 0 Å². The van der Waals surface area contributed by atoms with Crippen LogP contribution in [0, 0.1) is 5.82 Å². The Morgan fingerprint density at radius 1 is 0.938 bits per heavy atom. The second-order valence-corrected chi connectivity index (χ2v) is 8.47. The van der Waals surface area contributed by atoms with Crippen LogP contribution in [0.1, 0.15) is 10.4 Å². The van der Waals surface area contributed by atoms with Crippen LogP contribution in [-0.4, -0.2) is 68.3 Å². The molecule has 0 atom stereocenters. The number of nitrogens with zero attached hydrogens (tertiary/aromatic N) is 4. The average molecular weight is 455 g/mol. The van der Waals surface area contributed by atoms with Crippen molar-refractivity contribution in [2.24, 2.45) is 0 Å². The minimum atomic E-state index is -0.237. The number of benzene rings is 2. The summed E-state index contributed by atoms with van der Waals surface area (Å²) < 4.78 is 18.7. The number of halogens is 2. The van der Waals surface area contributed by atoms with Crippen molar-refractivity contribution in [1.82, 2.24) is 9.88 Å². The van der Waals surface area contributed by atoms with Crippen molar-refractivity contribution in [1.29, 1.82) is 0 Å². The minimum absolute atomic E-state index is 0.0290. The maximum atomic E-state index is 13.4. The van der Waals surface area contributed by atoms with Crippen molar-refractivity contribution >= 4 is 39.8 Å². The van der Waals surface area contributed by atoms with Gasteiger partial charge in [0.15, 0.2) is 0 Å². The van der Waals surface area contributed by atoms with Crippen LogP contribution < -0.4 is 9.80 Å². The quantitative estimate of drug-likeness (QED) is 0.602. The highest BCUT2D eigenvalue weighted by Gasteiger charge is 2.28. The molecular formula is C24H24ClFN4O2. The fraction of sp³-hybridized carbons (Fsp3) is 0.333. The molecule has 0 saturated carbocycles. The molecule has 0 spiro atoms. The zero-order valence-corrected chi connectivity index (χ0v) is 18.4. The molecule has 8 heteroatoms. The van der Waals surface area contributed by atoms with E-state index >= 15 is 0 Å². The molecule has 2 aliphatic rings. The summed E-state index contributed by atoms with van der Waals surface area (Å²) in [7, 11) is 0. The topological polar surface area (TPSA) is 48.9 Å². The Balaban J connectivity index is 1.48. The Labute approximate surface area is 191 Å². The number of hydrogen-bond donors (Lipinski definition) is 0. The summed E-state index contributed by atoms with van der Waals surface area (Å²) in [5.41, 5.74) is 3.28. The third kappa shape index (κ3) is 4.10. The van der Waals surface area contributed by atoms with Gasteiger partial charge in [-0.15, -0.1) is 0 Å². The lowest BCUT2D eigenvalue weighted by molar-refractivity contribution is 0.0303. The summed E-state index contributed by atoms with van der Waals surface area (Å²) in [5.74, 6) is -0.266. The van der Waals surface area contributed by atoms with E-state index in [-0.39, 0.29) is 11.7 Å². The van der Waals surface area contributed by atoms with Gasteiger partial charge < -0.3 is 19.4 Å². The van der Waals surface area contributed by atoms with Gasteiger partial charge in [-0.2, -0.15) is 0 Å². The molecule has 6 nitrogen and oxygen atoms in total. The first-order valence-electron chi connectivity index (χ1n) is 10.8. The van der Waals surface area contributed by atoms with Gasteiger partial charge in [-0.25, -0.2) is 4.39 Å². The predicted molar refractivity (Wildman–Crippen MR) is 124 cm³/mol. The lowest BCUT2D eigenvalue weighted by atomic mass is 10.1. The van der Waals surface area contributed by atoms with E-state index in [0.717, 1.165) is 48.5 Å². The van der Waals surface area contributed by atoms with Gasteiger partial charge in [-0.3, -0.25) is 9.78 Å². The third-order valence-electron chi connectivity index (χ3n) is 6.12. The van der Waals surface area contributed by atoms with Crippen molar-refractivity contribution in [2.75, 3.05) is 62.3 Å². The number of carbonyl (C=O) groups is 1. The lowest BCUT2D eigenvalue weighted by Gasteiger charge is -2.39. The monoisotopic (exact) mass is 454 g/mol. The Hall–Kier alpha value is -2.90. The molecule has 1 amide bonds. The highest BCUT2D eigenvalue weighted by molar-refractivity contribution is 6.31. The smallest absolute Gasteiger partial charge is 0.257 e. The highest BCUT2D eigenvalue weighted by atomic mass is 35.5. The molecule has 2 fully saturated rings. The van der Waals surface area contributed by atoms with Crippen LogP contribution in [0.4, 0.5) is 15.8 Å². The van der Waals surface area contributed by atoms with Crippen molar-refractivity contribution < 1.29 is 13.9 Å². The van der Waals surface area contributed by atoms with Crippen LogP contribution in [-0.2, 0) is 4.74 Å². The van der Waals surface area contributed by atoms with Crippen molar-refractivity contribution in [3.63, 3.8) is 0 Å². The lowest BCUT2D eigenvalue weighted by Crippen LogP contribution is -2.47. The molecule has 2 saturated heterocycles. The van der Waals surface area contributed by atoms with Crippen LogP contribution in [0.2, 0.25) is 5.02 Å². The van der Waals surface area contributed by atoms with Gasteiger partial charge in [-0.05, 0) is 42.5 Å². The van der Waals surface area contributed by atoms with Crippen LogP contribution in [0.5, 0.6) is 0 Å². The standard InChI is InChI=1S/C24H24ClFN4O2/c25-17-1-6-22-20(15-17)23(21(16-27-22)24(31)30-11-13-32-14-12-30)29-9-7-28(8-10-29)19-4-2-18(26)3-5-19/h1-6,15-16H,7-14H2. The van der Waals surface area contributed by atoms with Gasteiger partial charge in [0, 0.05) is 61.6 Å². The zero-order chi connectivity index (χ0) is 22.1. The van der Waals surface area contributed by atoms with E-state index in [1.165, 1.54) is 12.1 Å². The van der Waals surface area contributed by atoms with Crippen LogP contribution in [0.15, 0.2) is 48.7 Å². The van der Waals surface area contributed by atoms with Gasteiger partial charge in [0.05, 0.1) is 30.0 Å². The molecule has 3 heterocycles. The van der Waals surface area contributed by atoms with E-state index in [0.29, 0.717) is 36.9 Å². The number of rotatable bonds is 3. The molecule has 166 valence electrons. The SMILES string of the molecule is O=C(c1cnc2ccc(Cl)cc2c1N1CCN(c2ccc(F)cc2)CC1)N1CCOCC1. The maximum Gasteiger partial charge on any atom is 0.257 e. The molecule has 0 bridgehead atoms. The number of morpholine rings is 1. The summed E-state index contributed by atoms with van der Waals surface area (Å²) in [6, 6.07) is 12.2. The summed E-state index contributed by atoms with van der Waals surface area (Å²) in [6.07, 6.45) is 1.69. The molecule has 2 aromatic carbocycles. The summed E-state index contributed by atoms with van der Waals surface area (Å²) in [5, 5.41) is 1.49. The molecule has 3 aromatic rings. The van der Waals surface area contributed by atoms with Crippen LogP contribution >= 0.6 is 11.6 Å². The van der Waals surface area contributed by atoms with Crippen LogP contribution in [0.3, 0.4) is 0 Å². The Kier molecular flexibility index (Phi) is 5.85. The minimum Gasteiger partial charge on any atom is -0.378 e. The number of ether oxygens (including phenoxy) is 1. The molecule has 0 radical (unpaired) electrons. The molecular weight excluding hydrogens is 431 g/mol. The van der Waals surface area contributed by atoms with Crippen LogP contribution in [0.25, 0.3) is 10.9 Å². The van der Waals surface area contributed by atoms with E-state index in [1.54, 1.807) is 18.3 Å². The van der Waals surface area contributed by atoms with E-state index in [2.05, 4.69) is 14.8 Å². The van der Waals surface area contributed by atoms with E-state index in [4.69, 9.17) is 16.3 Å². The van der Waals surface area contributed by atoms with E-state index in [9.17, 15) is 9.18 Å². The molecule has 32 heavy (non-hydrogen) atoms. The summed E-state index contributed by atoms with van der Waals surface area (Å²) in [4.78, 5) is 24.3. The normalized spacial score (nSPS) is 17.1. The fourth-order valence-electron chi connectivity index (χ4n) is 4.42. The van der Waals surface area contributed by atoms with Gasteiger partial charge in [0.1, 0.15) is 5.82 Å². The van der Waals surface area contributed by atoms with E-state index in [1.807, 2.05) is 23.1 Å². The second-order valence-electron chi connectivity index (χ2n) is 8.04. The van der Waals surface area contributed by atoms with Crippen molar-refractivity contribution in [2.45, 2.75) is 0 Å². The number of carbonyl (C=O) groups excluding carboxylic acids is 1. The predicted octanol–water partition coefficient (Wildman–Crippen LogP) is 3.83. The van der Waals surface area contributed by atoms with E-state index < -0.39 is 0 Å². The molecule has 0 unspecified atom stereocenters. The van der Waals surface area contributed by atoms with Gasteiger partial charge in [-0.1, -0.05) is 11.6 Å². The third-order valence-corrected chi connectivity index (χ3v) is 6.35. The Bertz CT molecular complexity index is 1130. The molecule has 0 aliphatic carbocycles. The number of pyridine rings is 1. The molecule has 0 N–H and O–H groups in total.